The van der Waals surface area contributed by atoms with Gasteiger partial charge in [-0.1, -0.05) is 58.0 Å². The third kappa shape index (κ3) is 3.57. The van der Waals surface area contributed by atoms with E-state index in [0.717, 1.165) is 12.1 Å². The van der Waals surface area contributed by atoms with Crippen molar-refractivity contribution in [2.45, 2.75) is 6.18 Å². The Hall–Kier alpha value is 0.410. The SMILES string of the molecule is FC(F)(F)c1cc(I)cc(-c2c(Cl)c(Cl)c(Cl)c(Cl)c2Cl)c1. The molecule has 0 amide bonds. The van der Waals surface area contributed by atoms with E-state index in [1.807, 2.05) is 0 Å². The van der Waals surface area contributed by atoms with E-state index < -0.39 is 11.7 Å². The van der Waals surface area contributed by atoms with Gasteiger partial charge in [0.1, 0.15) is 0 Å². The number of alkyl halides is 3. The van der Waals surface area contributed by atoms with Crippen molar-refractivity contribution < 1.29 is 13.2 Å². The van der Waals surface area contributed by atoms with E-state index in [1.54, 1.807) is 22.6 Å². The standard InChI is InChI=1S/C13H3Cl5F3I/c14-8-7(9(15)11(17)12(18)10(8)16)4-1-5(13(19,20)21)3-6(22)2-4/h1-3H. The summed E-state index contributed by atoms with van der Waals surface area (Å²) in [6, 6.07) is 3.42. The van der Waals surface area contributed by atoms with Gasteiger partial charge >= 0.3 is 6.18 Å². The van der Waals surface area contributed by atoms with Gasteiger partial charge in [-0.05, 0) is 46.4 Å². The number of benzene rings is 2. The van der Waals surface area contributed by atoms with Crippen molar-refractivity contribution in [2.24, 2.45) is 0 Å². The van der Waals surface area contributed by atoms with Crippen LogP contribution in [0, 0.1) is 3.57 Å². The van der Waals surface area contributed by atoms with Gasteiger partial charge in [0, 0.05) is 9.13 Å². The zero-order valence-corrected chi connectivity index (χ0v) is 16.1. The molecular formula is C13H3Cl5F3I. The van der Waals surface area contributed by atoms with E-state index in [4.69, 9.17) is 58.0 Å². The number of halogens is 9. The third-order valence-electron chi connectivity index (χ3n) is 2.72. The molecule has 22 heavy (non-hydrogen) atoms. The first kappa shape index (κ1) is 18.7. The fourth-order valence-electron chi connectivity index (χ4n) is 1.76. The molecule has 2 aromatic carbocycles. The highest BCUT2D eigenvalue weighted by Crippen LogP contribution is 2.49. The van der Waals surface area contributed by atoms with Gasteiger partial charge in [0.25, 0.3) is 0 Å². The molecule has 2 rings (SSSR count). The Labute approximate surface area is 162 Å². The third-order valence-corrected chi connectivity index (χ3v) is 5.62. The van der Waals surface area contributed by atoms with Crippen LogP contribution >= 0.6 is 80.6 Å². The molecule has 0 N–H and O–H groups in total. The second-order valence-corrected chi connectivity index (χ2v) is 7.31. The van der Waals surface area contributed by atoms with Crippen molar-refractivity contribution in [3.63, 3.8) is 0 Å². The zero-order valence-electron chi connectivity index (χ0n) is 10.1. The maximum absolute atomic E-state index is 12.9. The van der Waals surface area contributed by atoms with Gasteiger partial charge in [-0.15, -0.1) is 0 Å². The lowest BCUT2D eigenvalue weighted by molar-refractivity contribution is -0.137. The molecule has 0 heterocycles. The summed E-state index contributed by atoms with van der Waals surface area (Å²) in [6.45, 7) is 0. The molecule has 2 aromatic rings. The molecule has 0 bridgehead atoms. The maximum Gasteiger partial charge on any atom is 0.416 e. The Balaban J connectivity index is 2.81. The fourth-order valence-corrected chi connectivity index (χ4v) is 3.78. The minimum Gasteiger partial charge on any atom is -0.166 e. The molecule has 0 saturated carbocycles. The average Bonchev–Trinajstić information content (AvgIpc) is 2.42. The van der Waals surface area contributed by atoms with E-state index in [9.17, 15) is 13.2 Å². The molecule has 9 heteroatoms. The van der Waals surface area contributed by atoms with Crippen molar-refractivity contribution >= 4 is 80.6 Å². The molecule has 0 radical (unpaired) electrons. The molecule has 0 aliphatic rings. The Kier molecular flexibility index (Phi) is 5.73. The zero-order chi connectivity index (χ0) is 16.8. The van der Waals surface area contributed by atoms with Crippen molar-refractivity contribution in [2.75, 3.05) is 0 Å². The van der Waals surface area contributed by atoms with Crippen molar-refractivity contribution in [3.8, 4) is 11.1 Å². The van der Waals surface area contributed by atoms with E-state index in [2.05, 4.69) is 0 Å². The molecule has 0 nitrogen and oxygen atoms in total. The normalized spacial score (nSPS) is 11.9. The van der Waals surface area contributed by atoms with Crippen LogP contribution in [0.5, 0.6) is 0 Å². The summed E-state index contributed by atoms with van der Waals surface area (Å²) in [4.78, 5) is 0. The predicted octanol–water partition coefficient (Wildman–Crippen LogP) is 8.24. The maximum atomic E-state index is 12.9. The molecule has 0 aliphatic heterocycles. The Morgan fingerprint density at radius 1 is 0.727 bits per heavy atom. The van der Waals surface area contributed by atoms with Crippen LogP contribution in [0.25, 0.3) is 11.1 Å². The van der Waals surface area contributed by atoms with Crippen LogP contribution in [0.1, 0.15) is 5.56 Å². The van der Waals surface area contributed by atoms with Gasteiger partial charge in [-0.2, -0.15) is 13.2 Å². The summed E-state index contributed by atoms with van der Waals surface area (Å²) in [7, 11) is 0. The summed E-state index contributed by atoms with van der Waals surface area (Å²) < 4.78 is 39.2. The van der Waals surface area contributed by atoms with Gasteiger partial charge in [-0.25, -0.2) is 0 Å². The summed E-state index contributed by atoms with van der Waals surface area (Å²) in [6.07, 6.45) is -4.51. The molecule has 0 unspecified atom stereocenters. The number of hydrogen-bond donors (Lipinski definition) is 0. The fraction of sp³-hybridized carbons (Fsp3) is 0.0769. The van der Waals surface area contributed by atoms with Crippen LogP contribution in [-0.2, 0) is 6.18 Å². The highest BCUT2D eigenvalue weighted by atomic mass is 127. The van der Waals surface area contributed by atoms with Crippen LogP contribution in [0.2, 0.25) is 25.1 Å². The van der Waals surface area contributed by atoms with E-state index in [1.165, 1.54) is 6.07 Å². The first-order chi connectivity index (χ1) is 10.0. The smallest absolute Gasteiger partial charge is 0.166 e. The molecule has 0 aromatic heterocycles. The largest absolute Gasteiger partial charge is 0.416 e. The first-order valence-electron chi connectivity index (χ1n) is 5.43. The van der Waals surface area contributed by atoms with Crippen LogP contribution < -0.4 is 0 Å². The van der Waals surface area contributed by atoms with E-state index in [-0.39, 0.29) is 36.2 Å². The summed E-state index contributed by atoms with van der Waals surface area (Å²) in [5.74, 6) is 0. The number of hydrogen-bond acceptors (Lipinski definition) is 0. The van der Waals surface area contributed by atoms with Gasteiger partial charge in [0.15, 0.2) is 0 Å². The van der Waals surface area contributed by atoms with Crippen molar-refractivity contribution in [1.82, 2.24) is 0 Å². The lowest BCUT2D eigenvalue weighted by Gasteiger charge is -2.15. The van der Waals surface area contributed by atoms with Crippen LogP contribution in [0.15, 0.2) is 18.2 Å². The van der Waals surface area contributed by atoms with Crippen LogP contribution in [0.3, 0.4) is 0 Å². The topological polar surface area (TPSA) is 0 Å². The van der Waals surface area contributed by atoms with Gasteiger partial charge in [0.2, 0.25) is 0 Å². The molecule has 0 atom stereocenters. The highest BCUT2D eigenvalue weighted by molar-refractivity contribution is 14.1. The second kappa shape index (κ2) is 6.73. The van der Waals surface area contributed by atoms with Crippen molar-refractivity contribution in [1.29, 1.82) is 0 Å². The van der Waals surface area contributed by atoms with E-state index in [0.29, 0.717) is 3.57 Å². The lowest BCUT2D eigenvalue weighted by Crippen LogP contribution is -2.05. The minimum absolute atomic E-state index is 0.0521. The lowest BCUT2D eigenvalue weighted by atomic mass is 10.0. The summed E-state index contributed by atoms with van der Waals surface area (Å²) >= 11 is 31.7. The Morgan fingerprint density at radius 2 is 1.18 bits per heavy atom. The summed E-state index contributed by atoms with van der Waals surface area (Å²) in [5, 5.41) is -0.309. The average molecular weight is 520 g/mol. The minimum atomic E-state index is -4.51. The molecule has 0 aliphatic carbocycles. The van der Waals surface area contributed by atoms with Gasteiger partial charge in [-0.3, -0.25) is 0 Å². The van der Waals surface area contributed by atoms with Gasteiger partial charge < -0.3 is 0 Å². The highest BCUT2D eigenvalue weighted by Gasteiger charge is 2.32. The first-order valence-corrected chi connectivity index (χ1v) is 8.40. The van der Waals surface area contributed by atoms with Crippen LogP contribution in [0.4, 0.5) is 13.2 Å². The monoisotopic (exact) mass is 518 g/mol. The second-order valence-electron chi connectivity index (χ2n) is 4.17. The molecule has 118 valence electrons. The van der Waals surface area contributed by atoms with Gasteiger partial charge in [0.05, 0.1) is 30.7 Å². The Morgan fingerprint density at radius 3 is 1.64 bits per heavy atom. The predicted molar refractivity (Wildman–Crippen MR) is 94.6 cm³/mol. The quantitative estimate of drug-likeness (QED) is 0.202. The molecule has 0 saturated heterocycles. The van der Waals surface area contributed by atoms with Crippen molar-refractivity contribution in [3.05, 3.63) is 52.4 Å². The van der Waals surface area contributed by atoms with Crippen LogP contribution in [-0.4, -0.2) is 0 Å². The molecule has 0 fully saturated rings. The molecular weight excluding hydrogens is 517 g/mol. The molecule has 0 spiro atoms. The number of rotatable bonds is 1. The van der Waals surface area contributed by atoms with E-state index >= 15 is 0 Å². The summed E-state index contributed by atoms with van der Waals surface area (Å²) in [5.41, 5.74) is -0.579. The Bertz CT molecular complexity index is 729.